The first kappa shape index (κ1) is 25.4. The summed E-state index contributed by atoms with van der Waals surface area (Å²) < 4.78 is 1.18. The summed E-state index contributed by atoms with van der Waals surface area (Å²) in [4.78, 5) is 26.6. The molecule has 11 heteroatoms. The Morgan fingerprint density at radius 3 is 2.61 bits per heavy atom. The first-order chi connectivity index (χ1) is 18.6. The number of carbonyl (C=O) groups is 1. The fourth-order valence-electron chi connectivity index (χ4n) is 4.93. The molecule has 0 saturated heterocycles. The van der Waals surface area contributed by atoms with Crippen LogP contribution < -0.4 is 20.4 Å². The van der Waals surface area contributed by atoms with Gasteiger partial charge in [0.05, 0.1) is 5.57 Å². The van der Waals surface area contributed by atoms with E-state index in [1.54, 1.807) is 34.5 Å². The van der Waals surface area contributed by atoms with E-state index in [0.717, 1.165) is 24.8 Å². The molecule has 3 aromatic rings. The topological polar surface area (TPSA) is 114 Å². The number of anilines is 2. The summed E-state index contributed by atoms with van der Waals surface area (Å²) in [5, 5.41) is 20.6. The molecule has 0 radical (unpaired) electrons. The third kappa shape index (κ3) is 5.54. The van der Waals surface area contributed by atoms with Crippen LogP contribution in [0.1, 0.15) is 37.7 Å². The molecule has 10 nitrogen and oxygen atoms in total. The number of nitrogens with one attached hydrogen (secondary N) is 2. The minimum absolute atomic E-state index is 0.258. The maximum Gasteiger partial charge on any atom is 0.324 e. The van der Waals surface area contributed by atoms with E-state index in [0.29, 0.717) is 36.6 Å². The van der Waals surface area contributed by atoms with E-state index in [2.05, 4.69) is 31.8 Å². The quantitative estimate of drug-likeness (QED) is 0.435. The molecular formula is C27H28ClN9O. The van der Waals surface area contributed by atoms with E-state index < -0.39 is 12.0 Å². The Hall–Kier alpha value is -4.20. The molecule has 0 spiro atoms. The van der Waals surface area contributed by atoms with E-state index in [1.165, 1.54) is 10.4 Å². The number of benzene rings is 1. The second-order valence-electron chi connectivity index (χ2n) is 9.22. The van der Waals surface area contributed by atoms with Crippen molar-refractivity contribution in [2.45, 2.75) is 50.6 Å². The van der Waals surface area contributed by atoms with Gasteiger partial charge in [0.2, 0.25) is 0 Å². The minimum Gasteiger partial charge on any atom is -0.334 e. The lowest BCUT2D eigenvalue weighted by molar-refractivity contribution is 0.188. The van der Waals surface area contributed by atoms with Crippen molar-refractivity contribution >= 4 is 35.7 Å². The summed E-state index contributed by atoms with van der Waals surface area (Å²) in [7, 11) is 0. The number of rotatable bonds is 7. The molecule has 2 amide bonds. The highest BCUT2D eigenvalue weighted by atomic mass is 35.5. The fourth-order valence-corrected chi connectivity index (χ4v) is 5.06. The number of halogens is 1. The van der Waals surface area contributed by atoms with Gasteiger partial charge in [-0.3, -0.25) is 20.1 Å². The first-order valence-electron chi connectivity index (χ1n) is 12.5. The molecule has 0 bridgehead atoms. The zero-order chi connectivity index (χ0) is 26.4. The van der Waals surface area contributed by atoms with Gasteiger partial charge in [0, 0.05) is 49.2 Å². The predicted molar refractivity (Wildman–Crippen MR) is 146 cm³/mol. The molecule has 1 unspecified atom stereocenters. The van der Waals surface area contributed by atoms with Crippen LogP contribution in [0.4, 0.5) is 16.4 Å². The van der Waals surface area contributed by atoms with Gasteiger partial charge in [0.25, 0.3) is 0 Å². The molecule has 1 atom stereocenters. The summed E-state index contributed by atoms with van der Waals surface area (Å²) in [6, 6.07) is 18.9. The molecule has 5 rings (SSSR count). The predicted octanol–water partition coefficient (Wildman–Crippen LogP) is 4.53. The highest BCUT2D eigenvalue weighted by molar-refractivity contribution is 6.14. The molecule has 194 valence electrons. The van der Waals surface area contributed by atoms with E-state index in [4.69, 9.17) is 11.8 Å². The Bertz CT molecular complexity index is 1340. The lowest BCUT2D eigenvalue weighted by Crippen LogP contribution is -2.68. The smallest absolute Gasteiger partial charge is 0.324 e. The van der Waals surface area contributed by atoms with Crippen molar-refractivity contribution in [3.05, 3.63) is 84.3 Å². The highest BCUT2D eigenvalue weighted by Crippen LogP contribution is 2.36. The summed E-state index contributed by atoms with van der Waals surface area (Å²) in [6.07, 6.45) is 10.2. The number of urea groups is 1. The molecule has 2 N–H and O–H groups in total. The van der Waals surface area contributed by atoms with Crippen molar-refractivity contribution in [2.24, 2.45) is 4.99 Å². The molecule has 1 aliphatic heterocycles. The van der Waals surface area contributed by atoms with Crippen molar-refractivity contribution in [3.63, 3.8) is 0 Å². The molecule has 38 heavy (non-hydrogen) atoms. The SMILES string of the molecule is N#CC1=CN(c2ccn(Cl)n2)C(NC2(N(C(=O)NCc3ccccc3)c3ccccn3)CCCCC2)N=C1. The molecule has 1 fully saturated rings. The van der Waals surface area contributed by atoms with E-state index in [9.17, 15) is 10.1 Å². The van der Waals surface area contributed by atoms with Crippen LogP contribution in [0.15, 0.2) is 83.8 Å². The van der Waals surface area contributed by atoms with Crippen molar-refractivity contribution in [3.8, 4) is 6.07 Å². The Kier molecular flexibility index (Phi) is 7.67. The Balaban J connectivity index is 1.50. The third-order valence-electron chi connectivity index (χ3n) is 6.71. The molecule has 1 saturated carbocycles. The number of nitrogens with zero attached hydrogens (tertiary/aromatic N) is 7. The Labute approximate surface area is 226 Å². The van der Waals surface area contributed by atoms with Crippen LogP contribution in [0.25, 0.3) is 0 Å². The number of pyridine rings is 1. The first-order valence-corrected chi connectivity index (χ1v) is 12.9. The van der Waals surface area contributed by atoms with Crippen LogP contribution in [0.3, 0.4) is 0 Å². The van der Waals surface area contributed by atoms with Crippen LogP contribution in [-0.2, 0) is 6.54 Å². The normalized spacial score (nSPS) is 18.4. The number of allylic oxidation sites excluding steroid dienone is 1. The van der Waals surface area contributed by atoms with Crippen molar-refractivity contribution < 1.29 is 4.79 Å². The van der Waals surface area contributed by atoms with Gasteiger partial charge in [-0.25, -0.2) is 9.78 Å². The number of hydrogen-bond donors (Lipinski definition) is 2. The molecular weight excluding hydrogens is 502 g/mol. The van der Waals surface area contributed by atoms with Crippen LogP contribution in [0, 0.1) is 11.3 Å². The van der Waals surface area contributed by atoms with Crippen molar-refractivity contribution in [1.29, 1.82) is 5.26 Å². The number of aliphatic imine (C=N–C) groups is 1. The number of amides is 2. The molecule has 1 aromatic carbocycles. The fraction of sp³-hybridized carbons (Fsp3) is 0.296. The highest BCUT2D eigenvalue weighted by Gasteiger charge is 2.45. The van der Waals surface area contributed by atoms with Crippen molar-refractivity contribution in [2.75, 3.05) is 9.80 Å². The zero-order valence-corrected chi connectivity index (χ0v) is 21.5. The van der Waals surface area contributed by atoms with Crippen LogP contribution >= 0.6 is 11.8 Å². The van der Waals surface area contributed by atoms with Crippen LogP contribution in [0.2, 0.25) is 0 Å². The maximum atomic E-state index is 13.9. The van der Waals surface area contributed by atoms with E-state index >= 15 is 0 Å². The summed E-state index contributed by atoms with van der Waals surface area (Å²) in [5.41, 5.74) is 0.586. The number of hydrogen-bond acceptors (Lipinski definition) is 7. The molecule has 2 aromatic heterocycles. The van der Waals surface area contributed by atoms with Gasteiger partial charge < -0.3 is 5.32 Å². The van der Waals surface area contributed by atoms with E-state index in [-0.39, 0.29) is 6.03 Å². The lowest BCUT2D eigenvalue weighted by Gasteiger charge is -2.48. The van der Waals surface area contributed by atoms with Gasteiger partial charge in [-0.2, -0.15) is 9.46 Å². The van der Waals surface area contributed by atoms with Gasteiger partial charge >= 0.3 is 6.03 Å². The summed E-state index contributed by atoms with van der Waals surface area (Å²) >= 11 is 6.04. The number of carbonyl (C=O) groups excluding carboxylic acids is 1. The van der Waals surface area contributed by atoms with Gasteiger partial charge in [-0.05, 0) is 43.4 Å². The monoisotopic (exact) mass is 529 g/mol. The second-order valence-corrected chi connectivity index (χ2v) is 9.57. The van der Waals surface area contributed by atoms with Crippen LogP contribution in [0.5, 0.6) is 0 Å². The van der Waals surface area contributed by atoms with Gasteiger partial charge in [-0.1, -0.05) is 42.8 Å². The second kappa shape index (κ2) is 11.5. The van der Waals surface area contributed by atoms with Crippen molar-refractivity contribution in [1.82, 2.24) is 24.9 Å². The van der Waals surface area contributed by atoms with Crippen LogP contribution in [-0.4, -0.2) is 38.5 Å². The van der Waals surface area contributed by atoms with Gasteiger partial charge in [-0.15, -0.1) is 5.10 Å². The zero-order valence-electron chi connectivity index (χ0n) is 20.7. The molecule has 1 aliphatic carbocycles. The standard InChI is InChI=1S/C27H28ClN9O/c28-36-16-12-24(34-36)35-20-22(17-29)19-31-25(35)33-27(13-6-2-7-14-27)37(23-11-5-8-15-30-23)26(38)32-18-21-9-3-1-4-10-21/h1,3-5,8-12,15-16,19-20,25,33H,2,6-7,13-14,18H2,(H,32,38). The third-order valence-corrected chi connectivity index (χ3v) is 6.90. The number of aromatic nitrogens is 3. The lowest BCUT2D eigenvalue weighted by atomic mass is 9.87. The summed E-state index contributed by atoms with van der Waals surface area (Å²) in [6.45, 7) is 0.383. The Morgan fingerprint density at radius 1 is 1.13 bits per heavy atom. The minimum atomic E-state index is -0.796. The average molecular weight is 530 g/mol. The number of nitriles is 1. The van der Waals surface area contributed by atoms with Gasteiger partial charge in [0.15, 0.2) is 12.1 Å². The maximum absolute atomic E-state index is 13.9. The largest absolute Gasteiger partial charge is 0.334 e. The average Bonchev–Trinajstić information content (AvgIpc) is 3.40. The Morgan fingerprint density at radius 2 is 1.92 bits per heavy atom. The molecule has 3 heterocycles. The van der Waals surface area contributed by atoms with Gasteiger partial charge in [0.1, 0.15) is 17.5 Å². The van der Waals surface area contributed by atoms with E-state index in [1.807, 2.05) is 48.5 Å². The molecule has 2 aliphatic rings. The summed E-state index contributed by atoms with van der Waals surface area (Å²) in [5.74, 6) is 1.06.